The molecule has 1 aliphatic rings. The van der Waals surface area contributed by atoms with Gasteiger partial charge in [-0.25, -0.2) is 0 Å². The second kappa shape index (κ2) is 11.0. The molecular weight excluding hydrogens is 410 g/mol. The van der Waals surface area contributed by atoms with E-state index in [-0.39, 0.29) is 12.0 Å². The first-order chi connectivity index (χ1) is 16.1. The van der Waals surface area contributed by atoms with Crippen LogP contribution in [0.2, 0.25) is 0 Å². The molecule has 5 nitrogen and oxygen atoms in total. The van der Waals surface area contributed by atoms with Gasteiger partial charge in [-0.2, -0.15) is 0 Å². The predicted molar refractivity (Wildman–Crippen MR) is 134 cm³/mol. The van der Waals surface area contributed by atoms with Crippen LogP contribution >= 0.6 is 0 Å². The maximum Gasteiger partial charge on any atom is 0.251 e. The maximum atomic E-state index is 12.3. The number of aryl methyl sites for hydroxylation is 1. The topological polar surface area (TPSA) is 44.8 Å². The molecule has 0 aliphatic carbocycles. The summed E-state index contributed by atoms with van der Waals surface area (Å²) in [7, 11) is 0. The van der Waals surface area contributed by atoms with E-state index in [9.17, 15) is 4.79 Å². The monoisotopic (exact) mass is 443 g/mol. The number of amides is 1. The zero-order valence-corrected chi connectivity index (χ0v) is 19.5. The Morgan fingerprint density at radius 2 is 1.58 bits per heavy atom. The van der Waals surface area contributed by atoms with E-state index in [4.69, 9.17) is 4.74 Å². The lowest BCUT2D eigenvalue weighted by atomic mass is 10.1. The Morgan fingerprint density at radius 3 is 2.24 bits per heavy atom. The van der Waals surface area contributed by atoms with Crippen LogP contribution in [0.4, 0.5) is 5.69 Å². The minimum atomic E-state index is -0.115. The summed E-state index contributed by atoms with van der Waals surface area (Å²) in [5.74, 6) is 0.748. The fraction of sp³-hybridized carbons (Fsp3) is 0.321. The number of piperazine rings is 1. The van der Waals surface area contributed by atoms with E-state index in [0.717, 1.165) is 44.0 Å². The van der Waals surface area contributed by atoms with Gasteiger partial charge in [-0.3, -0.25) is 9.69 Å². The van der Waals surface area contributed by atoms with Gasteiger partial charge in [-0.15, -0.1) is 0 Å². The van der Waals surface area contributed by atoms with Gasteiger partial charge in [0.05, 0.1) is 6.54 Å². The highest BCUT2D eigenvalue weighted by molar-refractivity contribution is 5.94. The summed E-state index contributed by atoms with van der Waals surface area (Å²) in [5, 5.41) is 2.94. The number of carbonyl (C=O) groups is 1. The highest BCUT2D eigenvalue weighted by Crippen LogP contribution is 2.18. The van der Waals surface area contributed by atoms with E-state index >= 15 is 0 Å². The lowest BCUT2D eigenvalue weighted by molar-refractivity contribution is 0.0932. The molecule has 1 atom stereocenters. The summed E-state index contributed by atoms with van der Waals surface area (Å²) in [6.45, 7) is 9.61. The van der Waals surface area contributed by atoms with E-state index < -0.39 is 0 Å². The summed E-state index contributed by atoms with van der Waals surface area (Å²) in [6.07, 6.45) is -0.115. The van der Waals surface area contributed by atoms with Crippen LogP contribution < -0.4 is 15.0 Å². The number of carbonyl (C=O) groups excluding carboxylic acids is 1. The minimum absolute atomic E-state index is 0.0758. The van der Waals surface area contributed by atoms with Crippen LogP contribution in [-0.2, 0) is 6.54 Å². The normalized spacial score (nSPS) is 15.2. The van der Waals surface area contributed by atoms with Gasteiger partial charge in [0, 0.05) is 44.0 Å². The van der Waals surface area contributed by atoms with Crippen LogP contribution in [0, 0.1) is 6.92 Å². The molecule has 1 amide bonds. The van der Waals surface area contributed by atoms with E-state index in [1.807, 2.05) is 50.2 Å². The number of nitrogens with one attached hydrogen (secondary N) is 1. The number of hydrogen-bond donors (Lipinski definition) is 1. The van der Waals surface area contributed by atoms with Crippen molar-refractivity contribution >= 4 is 11.6 Å². The maximum absolute atomic E-state index is 12.3. The van der Waals surface area contributed by atoms with Crippen LogP contribution in [-0.4, -0.2) is 49.6 Å². The molecule has 0 unspecified atom stereocenters. The van der Waals surface area contributed by atoms with E-state index in [2.05, 4.69) is 57.6 Å². The molecule has 3 aromatic carbocycles. The molecule has 5 heteroatoms. The minimum Gasteiger partial charge on any atom is -0.489 e. The summed E-state index contributed by atoms with van der Waals surface area (Å²) in [4.78, 5) is 17.2. The van der Waals surface area contributed by atoms with Crippen molar-refractivity contribution in [2.24, 2.45) is 0 Å². The second-order valence-electron chi connectivity index (χ2n) is 8.75. The van der Waals surface area contributed by atoms with Crippen LogP contribution in [0.3, 0.4) is 0 Å². The largest absolute Gasteiger partial charge is 0.489 e. The zero-order valence-electron chi connectivity index (χ0n) is 19.5. The van der Waals surface area contributed by atoms with Crippen molar-refractivity contribution in [3.05, 3.63) is 95.6 Å². The van der Waals surface area contributed by atoms with Gasteiger partial charge >= 0.3 is 0 Å². The zero-order chi connectivity index (χ0) is 23.0. The molecule has 1 N–H and O–H groups in total. The molecule has 1 fully saturated rings. The second-order valence-corrected chi connectivity index (χ2v) is 8.75. The summed E-state index contributed by atoms with van der Waals surface area (Å²) >= 11 is 0. The van der Waals surface area contributed by atoms with E-state index in [0.29, 0.717) is 12.1 Å². The average Bonchev–Trinajstić information content (AvgIpc) is 2.85. The van der Waals surface area contributed by atoms with Gasteiger partial charge in [-0.05, 0) is 55.8 Å². The Kier molecular flexibility index (Phi) is 7.63. The van der Waals surface area contributed by atoms with Gasteiger partial charge in [-0.1, -0.05) is 48.0 Å². The lowest BCUT2D eigenvalue weighted by Gasteiger charge is -2.36. The van der Waals surface area contributed by atoms with Crippen molar-refractivity contribution < 1.29 is 9.53 Å². The third-order valence-corrected chi connectivity index (χ3v) is 6.02. The Bertz CT molecular complexity index is 1010. The van der Waals surface area contributed by atoms with Crippen LogP contribution in [0.15, 0.2) is 78.9 Å². The Morgan fingerprint density at radius 1 is 0.909 bits per heavy atom. The van der Waals surface area contributed by atoms with E-state index in [1.165, 1.54) is 11.3 Å². The first-order valence-corrected chi connectivity index (χ1v) is 11.7. The molecule has 0 saturated carbocycles. The molecule has 0 spiro atoms. The third kappa shape index (κ3) is 6.59. The molecule has 1 aliphatic heterocycles. The molecule has 0 radical (unpaired) electrons. The number of para-hydroxylation sites is 1. The standard InChI is InChI=1S/C28H33N3O2/c1-22-8-12-25(13-9-22)28(32)29-20-23(2)33-27-14-10-24(11-15-27)21-30-16-18-31(19-17-30)26-6-4-3-5-7-26/h3-15,23H,16-21H2,1-2H3,(H,29,32)/t23-/m1/s1. The highest BCUT2D eigenvalue weighted by Gasteiger charge is 2.17. The predicted octanol–water partition coefficient (Wildman–Crippen LogP) is 4.51. The number of benzene rings is 3. The molecule has 1 heterocycles. The number of rotatable bonds is 8. The van der Waals surface area contributed by atoms with Gasteiger partial charge in [0.2, 0.25) is 0 Å². The SMILES string of the molecule is Cc1ccc(C(=O)NC[C@@H](C)Oc2ccc(CN3CCN(c4ccccc4)CC3)cc2)cc1. The molecular formula is C28H33N3O2. The highest BCUT2D eigenvalue weighted by atomic mass is 16.5. The van der Waals surface area contributed by atoms with Crippen molar-refractivity contribution in [3.63, 3.8) is 0 Å². The smallest absolute Gasteiger partial charge is 0.251 e. The molecule has 33 heavy (non-hydrogen) atoms. The first-order valence-electron chi connectivity index (χ1n) is 11.7. The third-order valence-electron chi connectivity index (χ3n) is 6.02. The first kappa shape index (κ1) is 22.9. The van der Waals surface area contributed by atoms with Gasteiger partial charge in [0.1, 0.15) is 11.9 Å². The van der Waals surface area contributed by atoms with Crippen molar-refractivity contribution in [1.82, 2.24) is 10.2 Å². The summed E-state index contributed by atoms with van der Waals surface area (Å²) in [6, 6.07) is 26.5. The number of nitrogens with zero attached hydrogens (tertiary/aromatic N) is 2. The van der Waals surface area contributed by atoms with Gasteiger partial charge in [0.25, 0.3) is 5.91 Å². The molecule has 3 aromatic rings. The summed E-state index contributed by atoms with van der Waals surface area (Å²) < 4.78 is 5.99. The average molecular weight is 444 g/mol. The van der Waals surface area contributed by atoms with Gasteiger partial charge < -0.3 is 15.0 Å². The van der Waals surface area contributed by atoms with Crippen molar-refractivity contribution in [2.45, 2.75) is 26.5 Å². The number of hydrogen-bond acceptors (Lipinski definition) is 4. The number of ether oxygens (including phenoxy) is 1. The number of anilines is 1. The van der Waals surface area contributed by atoms with E-state index in [1.54, 1.807) is 0 Å². The molecule has 1 saturated heterocycles. The molecule has 0 bridgehead atoms. The van der Waals surface area contributed by atoms with Crippen molar-refractivity contribution in [1.29, 1.82) is 0 Å². The Hall–Kier alpha value is -3.31. The Labute approximate surface area is 197 Å². The quantitative estimate of drug-likeness (QED) is 0.556. The van der Waals surface area contributed by atoms with Crippen molar-refractivity contribution in [2.75, 3.05) is 37.6 Å². The fourth-order valence-electron chi connectivity index (χ4n) is 4.05. The van der Waals surface area contributed by atoms with Gasteiger partial charge in [0.15, 0.2) is 0 Å². The van der Waals surface area contributed by atoms with Crippen LogP contribution in [0.5, 0.6) is 5.75 Å². The van der Waals surface area contributed by atoms with Crippen molar-refractivity contribution in [3.8, 4) is 5.75 Å². The summed E-state index contributed by atoms with van der Waals surface area (Å²) in [5.41, 5.74) is 4.40. The Balaban J connectivity index is 1.20. The molecule has 172 valence electrons. The molecule has 4 rings (SSSR count). The fourth-order valence-corrected chi connectivity index (χ4v) is 4.05. The molecule has 0 aromatic heterocycles. The lowest BCUT2D eigenvalue weighted by Crippen LogP contribution is -2.45. The van der Waals surface area contributed by atoms with Crippen LogP contribution in [0.1, 0.15) is 28.4 Å². The van der Waals surface area contributed by atoms with Crippen LogP contribution in [0.25, 0.3) is 0 Å².